The Labute approximate surface area is 254 Å². The van der Waals surface area contributed by atoms with Gasteiger partial charge in [-0.15, -0.1) is 0 Å². The minimum Gasteiger partial charge on any atom is -0.478 e. The van der Waals surface area contributed by atoms with Crippen LogP contribution in [-0.2, 0) is 28.7 Å². The number of nitrogens with one attached hydrogen (secondary N) is 4. The second-order valence-electron chi connectivity index (χ2n) is 9.90. The van der Waals surface area contributed by atoms with E-state index in [0.29, 0.717) is 0 Å². The predicted molar refractivity (Wildman–Crippen MR) is 145 cm³/mol. The number of rotatable bonds is 12. The van der Waals surface area contributed by atoms with Gasteiger partial charge in [-0.25, -0.2) is 19.4 Å². The average molecular weight is 649 g/mol. The third kappa shape index (κ3) is 9.72. The fraction of sp³-hybridized carbons (Fsp3) is 0.583. The van der Waals surface area contributed by atoms with Gasteiger partial charge in [-0.2, -0.15) is 0 Å². The number of guanidine groups is 1. The summed E-state index contributed by atoms with van der Waals surface area (Å²) >= 11 is 0. The van der Waals surface area contributed by atoms with Gasteiger partial charge in [-0.1, -0.05) is 0 Å². The standard InChI is InChI=1S/C24H36N6O15/c1-7(33)26-15-9(3-13(21(39)40)44-19(15)17(37)11(35)5-31)28-23(25)30-24(43)29-10-4-14(22(41)42)45-20(16(10)27-8(2)34)18(38)12(36)6-32/h3-4,9-12,15-20,31-32,35-38H,5-6H2,1-2H3,(H,26,33)(H,27,34)(H,39,40)(H,41,42)(H4,25,28,29,30,43)/t9-,10-,11+,12+,15+,16+,17+,18+,19+,20+/m0/s1. The Morgan fingerprint density at radius 3 is 1.69 bits per heavy atom. The van der Waals surface area contributed by atoms with Gasteiger partial charge in [0.05, 0.1) is 37.4 Å². The van der Waals surface area contributed by atoms with Crippen LogP contribution in [0.1, 0.15) is 13.8 Å². The number of urea groups is 1. The molecular formula is C24H36N6O15. The smallest absolute Gasteiger partial charge is 0.370 e. The molecule has 10 atom stereocenters. The van der Waals surface area contributed by atoms with Gasteiger partial charge in [0.15, 0.2) is 5.96 Å². The maximum Gasteiger partial charge on any atom is 0.370 e. The molecule has 0 aromatic carbocycles. The maximum atomic E-state index is 12.9. The van der Waals surface area contributed by atoms with Gasteiger partial charge in [0.1, 0.15) is 36.6 Å². The van der Waals surface area contributed by atoms with Gasteiger partial charge in [-0.3, -0.25) is 14.9 Å². The number of aliphatic hydroxyl groups excluding tert-OH is 6. The highest BCUT2D eigenvalue weighted by Crippen LogP contribution is 2.25. The molecule has 0 spiro atoms. The van der Waals surface area contributed by atoms with Crippen LogP contribution in [0.15, 0.2) is 28.7 Å². The number of hydrogen-bond donors (Lipinski definition) is 13. The zero-order valence-electron chi connectivity index (χ0n) is 23.8. The van der Waals surface area contributed by atoms with Gasteiger partial charge in [-0.05, 0) is 12.2 Å². The van der Waals surface area contributed by atoms with Gasteiger partial charge < -0.3 is 72.0 Å². The van der Waals surface area contributed by atoms with Crippen molar-refractivity contribution in [1.29, 1.82) is 0 Å². The second-order valence-corrected chi connectivity index (χ2v) is 9.90. The summed E-state index contributed by atoms with van der Waals surface area (Å²) in [7, 11) is 0. The molecule has 0 aromatic rings. The van der Waals surface area contributed by atoms with Crippen molar-refractivity contribution in [3.63, 3.8) is 0 Å². The van der Waals surface area contributed by atoms with Crippen LogP contribution in [0.4, 0.5) is 4.79 Å². The fourth-order valence-electron chi connectivity index (χ4n) is 4.46. The summed E-state index contributed by atoms with van der Waals surface area (Å²) in [5, 5.41) is 87.2. The molecule has 0 saturated carbocycles. The topological polar surface area (TPSA) is 352 Å². The predicted octanol–water partition coefficient (Wildman–Crippen LogP) is -6.49. The number of carboxylic acids is 2. The number of carboxylic acid groups (broad SMARTS) is 2. The number of aliphatic hydroxyl groups is 6. The van der Waals surface area contributed by atoms with Crippen molar-refractivity contribution in [3.8, 4) is 0 Å². The van der Waals surface area contributed by atoms with Crippen molar-refractivity contribution in [2.75, 3.05) is 13.2 Å². The van der Waals surface area contributed by atoms with E-state index >= 15 is 0 Å². The van der Waals surface area contributed by atoms with Crippen molar-refractivity contribution < 1.29 is 74.3 Å². The highest BCUT2D eigenvalue weighted by Gasteiger charge is 2.45. The monoisotopic (exact) mass is 648 g/mol. The zero-order chi connectivity index (χ0) is 34.2. The number of nitrogens with zero attached hydrogens (tertiary/aromatic N) is 1. The Bertz CT molecular complexity index is 1230. The Morgan fingerprint density at radius 1 is 0.800 bits per heavy atom. The maximum absolute atomic E-state index is 12.9. The average Bonchev–Trinajstić information content (AvgIpc) is 2.96. The van der Waals surface area contributed by atoms with Crippen LogP contribution in [0.2, 0.25) is 0 Å². The molecular weight excluding hydrogens is 612 g/mol. The number of carbonyl (C=O) groups excluding carboxylic acids is 3. The van der Waals surface area contributed by atoms with Crippen molar-refractivity contribution >= 4 is 35.7 Å². The molecule has 0 bridgehead atoms. The first kappa shape index (κ1) is 36.7. The van der Waals surface area contributed by atoms with E-state index < -0.39 is 121 Å². The molecule has 2 rings (SSSR count). The zero-order valence-corrected chi connectivity index (χ0v) is 23.8. The van der Waals surface area contributed by atoms with Crippen molar-refractivity contribution in [2.24, 2.45) is 10.7 Å². The quantitative estimate of drug-likeness (QED) is 0.0691. The summed E-state index contributed by atoms with van der Waals surface area (Å²) in [6, 6.07) is -6.89. The van der Waals surface area contributed by atoms with Gasteiger partial charge in [0.25, 0.3) is 0 Å². The second kappa shape index (κ2) is 16.0. The van der Waals surface area contributed by atoms with Crippen LogP contribution in [-0.4, -0.2) is 151 Å². The summed E-state index contributed by atoms with van der Waals surface area (Å²) in [5.41, 5.74) is 5.85. The summed E-state index contributed by atoms with van der Waals surface area (Å²) in [6.45, 7) is 0.205. The van der Waals surface area contributed by atoms with Crippen molar-refractivity contribution in [1.82, 2.24) is 21.3 Å². The lowest BCUT2D eigenvalue weighted by Crippen LogP contribution is -2.64. The van der Waals surface area contributed by atoms with E-state index in [-0.39, 0.29) is 0 Å². The van der Waals surface area contributed by atoms with Crippen LogP contribution in [0.5, 0.6) is 0 Å². The van der Waals surface area contributed by atoms with Crippen LogP contribution in [0.25, 0.3) is 0 Å². The molecule has 0 saturated heterocycles. The Kier molecular flexibility index (Phi) is 13.0. The van der Waals surface area contributed by atoms with Gasteiger partial charge in [0.2, 0.25) is 23.3 Å². The van der Waals surface area contributed by atoms with E-state index in [1.165, 1.54) is 0 Å². The molecule has 2 heterocycles. The van der Waals surface area contributed by atoms with E-state index in [1.54, 1.807) is 0 Å². The number of carbonyl (C=O) groups is 5. The number of aliphatic carboxylic acids is 2. The minimum atomic E-state index is -1.95. The summed E-state index contributed by atoms with van der Waals surface area (Å²) in [6.07, 6.45) is -9.17. The molecule has 21 nitrogen and oxygen atoms in total. The third-order valence-corrected chi connectivity index (χ3v) is 6.47. The van der Waals surface area contributed by atoms with E-state index in [0.717, 1.165) is 26.0 Å². The molecule has 2 aliphatic heterocycles. The van der Waals surface area contributed by atoms with Gasteiger partial charge >= 0.3 is 18.0 Å². The minimum absolute atomic E-state index is 0.705. The van der Waals surface area contributed by atoms with Crippen LogP contribution in [0, 0.1) is 0 Å². The highest BCUT2D eigenvalue weighted by atomic mass is 16.5. The van der Waals surface area contributed by atoms with Crippen molar-refractivity contribution in [3.05, 3.63) is 23.7 Å². The molecule has 252 valence electrons. The number of amides is 4. The summed E-state index contributed by atoms with van der Waals surface area (Å²) in [5.74, 6) is -6.99. The molecule has 0 aromatic heterocycles. The fourth-order valence-corrected chi connectivity index (χ4v) is 4.46. The Hall–Kier alpha value is -4.54. The van der Waals surface area contributed by atoms with Crippen LogP contribution < -0.4 is 27.0 Å². The molecule has 4 amide bonds. The number of hydrogen-bond acceptors (Lipinski definition) is 14. The van der Waals surface area contributed by atoms with E-state index in [9.17, 15) is 64.8 Å². The normalized spacial score (nSPS) is 27.5. The Balaban J connectivity index is 2.41. The third-order valence-electron chi connectivity index (χ3n) is 6.47. The van der Waals surface area contributed by atoms with E-state index in [4.69, 9.17) is 15.2 Å². The van der Waals surface area contributed by atoms with Crippen LogP contribution >= 0.6 is 0 Å². The molecule has 0 aliphatic carbocycles. The Morgan fingerprint density at radius 2 is 1.24 bits per heavy atom. The molecule has 0 unspecified atom stereocenters. The number of ether oxygens (including phenoxy) is 2. The molecule has 0 radical (unpaired) electrons. The van der Waals surface area contributed by atoms with Gasteiger partial charge in [0, 0.05) is 13.8 Å². The number of nitrogens with two attached hydrogens (primary N) is 1. The summed E-state index contributed by atoms with van der Waals surface area (Å²) in [4.78, 5) is 64.0. The first-order valence-corrected chi connectivity index (χ1v) is 13.1. The van der Waals surface area contributed by atoms with E-state index in [1.807, 2.05) is 0 Å². The SMILES string of the molecule is CC(=O)N[C@H]1[C@H]([C@H](O)[C@H](O)CO)OC(C(=O)O)=C[C@@H]1N=C(N)NC(=O)N[C@H]1C=C(C(=O)O)O[C@@H]([C@H](O)[C@H](O)CO)[C@@H]1NC(C)=O. The molecule has 45 heavy (non-hydrogen) atoms. The lowest BCUT2D eigenvalue weighted by atomic mass is 9.92. The van der Waals surface area contributed by atoms with Crippen LogP contribution in [0.3, 0.4) is 0 Å². The first-order valence-electron chi connectivity index (χ1n) is 13.1. The lowest BCUT2D eigenvalue weighted by Gasteiger charge is -2.40. The highest BCUT2D eigenvalue weighted by molar-refractivity contribution is 5.96. The molecule has 0 fully saturated rings. The molecule has 2 aliphatic rings. The molecule has 14 N–H and O–H groups in total. The first-order chi connectivity index (χ1) is 21.0. The summed E-state index contributed by atoms with van der Waals surface area (Å²) < 4.78 is 10.4. The largest absolute Gasteiger partial charge is 0.478 e. The van der Waals surface area contributed by atoms with Crippen molar-refractivity contribution in [2.45, 2.75) is 74.6 Å². The number of aliphatic imine (C=N–C) groups is 1. The molecule has 21 heteroatoms. The lowest BCUT2D eigenvalue weighted by molar-refractivity contribution is -0.147. The van der Waals surface area contributed by atoms with E-state index in [2.05, 4.69) is 26.3 Å².